The van der Waals surface area contributed by atoms with Crippen LogP contribution in [-0.2, 0) is 16.1 Å². The zero-order chi connectivity index (χ0) is 16.0. The second-order valence-electron chi connectivity index (χ2n) is 5.57. The Morgan fingerprint density at radius 2 is 2.13 bits per heavy atom. The maximum Gasteiger partial charge on any atom is 0.256 e. The van der Waals surface area contributed by atoms with Gasteiger partial charge < -0.3 is 4.90 Å². The van der Waals surface area contributed by atoms with Crippen LogP contribution in [0, 0.1) is 0 Å². The minimum absolute atomic E-state index is 0.145. The molecular formula is C16H13N3O3S. The Hall–Kier alpha value is -2.54. The minimum atomic E-state index is -0.575. The predicted octanol–water partition coefficient (Wildman–Crippen LogP) is 1.57. The topological polar surface area (TPSA) is 79.4 Å². The quantitative estimate of drug-likeness (QED) is 0.849. The molecule has 2 aliphatic heterocycles. The summed E-state index contributed by atoms with van der Waals surface area (Å²) in [5.41, 5.74) is 2.39. The Morgan fingerprint density at radius 3 is 2.87 bits per heavy atom. The molecule has 116 valence electrons. The molecule has 2 aliphatic rings. The molecular weight excluding hydrogens is 314 g/mol. The number of nitrogens with one attached hydrogen (secondary N) is 1. The average molecular weight is 327 g/mol. The van der Waals surface area contributed by atoms with Crippen molar-refractivity contribution in [1.29, 1.82) is 0 Å². The fraction of sp³-hybridized carbons (Fsp3) is 0.250. The minimum Gasteiger partial charge on any atom is -0.322 e. The van der Waals surface area contributed by atoms with Crippen LogP contribution in [0.1, 0.15) is 28.8 Å². The van der Waals surface area contributed by atoms with E-state index in [1.54, 1.807) is 11.1 Å². The van der Waals surface area contributed by atoms with Crippen LogP contribution in [0.4, 0.5) is 0 Å². The zero-order valence-electron chi connectivity index (χ0n) is 12.1. The van der Waals surface area contributed by atoms with Crippen molar-refractivity contribution >= 4 is 29.1 Å². The van der Waals surface area contributed by atoms with Gasteiger partial charge in [0, 0.05) is 30.1 Å². The standard InChI is InChI=1S/C16H13N3O3S/c20-13-5-4-12(15(21)18-13)19-7-9-10(16(19)22)8-23-14(9)11-3-1-2-6-17-11/h1-3,6,8,12H,4-5,7H2,(H,18,20,21). The maximum absolute atomic E-state index is 12.6. The van der Waals surface area contributed by atoms with Gasteiger partial charge in [-0.05, 0) is 18.6 Å². The van der Waals surface area contributed by atoms with Crippen molar-refractivity contribution in [3.05, 3.63) is 40.9 Å². The molecule has 1 unspecified atom stereocenters. The van der Waals surface area contributed by atoms with Gasteiger partial charge in [-0.25, -0.2) is 0 Å². The summed E-state index contributed by atoms with van der Waals surface area (Å²) in [6, 6.07) is 5.08. The van der Waals surface area contributed by atoms with E-state index in [0.717, 1.165) is 16.1 Å². The van der Waals surface area contributed by atoms with Gasteiger partial charge in [-0.15, -0.1) is 11.3 Å². The number of aromatic nitrogens is 1. The van der Waals surface area contributed by atoms with Crippen molar-refractivity contribution < 1.29 is 14.4 Å². The van der Waals surface area contributed by atoms with Crippen LogP contribution in [0.5, 0.6) is 0 Å². The van der Waals surface area contributed by atoms with E-state index >= 15 is 0 Å². The van der Waals surface area contributed by atoms with Crippen LogP contribution in [0.3, 0.4) is 0 Å². The number of thiophene rings is 1. The molecule has 2 aromatic heterocycles. The third-order valence-electron chi connectivity index (χ3n) is 4.20. The van der Waals surface area contributed by atoms with Crippen LogP contribution >= 0.6 is 11.3 Å². The molecule has 23 heavy (non-hydrogen) atoms. The average Bonchev–Trinajstić information content (AvgIpc) is 3.09. The molecule has 1 fully saturated rings. The van der Waals surface area contributed by atoms with Crippen molar-refractivity contribution in [2.45, 2.75) is 25.4 Å². The number of fused-ring (bicyclic) bond motifs is 1. The van der Waals surface area contributed by atoms with Gasteiger partial charge in [0.1, 0.15) is 6.04 Å². The van der Waals surface area contributed by atoms with Gasteiger partial charge in [0.05, 0.1) is 16.1 Å². The first kappa shape index (κ1) is 14.1. The van der Waals surface area contributed by atoms with Crippen LogP contribution in [0.25, 0.3) is 10.6 Å². The first-order valence-corrected chi connectivity index (χ1v) is 8.19. The molecule has 0 aromatic carbocycles. The fourth-order valence-corrected chi connectivity index (χ4v) is 4.10. The summed E-state index contributed by atoms with van der Waals surface area (Å²) in [6.45, 7) is 0.385. The Kier molecular flexibility index (Phi) is 3.23. The van der Waals surface area contributed by atoms with Gasteiger partial charge in [0.15, 0.2) is 0 Å². The number of nitrogens with zero attached hydrogens (tertiary/aromatic N) is 2. The van der Waals surface area contributed by atoms with Crippen molar-refractivity contribution in [3.8, 4) is 10.6 Å². The van der Waals surface area contributed by atoms with Crippen molar-refractivity contribution in [1.82, 2.24) is 15.2 Å². The number of carbonyl (C=O) groups is 3. The lowest BCUT2D eigenvalue weighted by molar-refractivity contribution is -0.136. The third-order valence-corrected chi connectivity index (χ3v) is 5.24. The number of hydrogen-bond donors (Lipinski definition) is 1. The number of rotatable bonds is 2. The van der Waals surface area contributed by atoms with E-state index in [4.69, 9.17) is 0 Å². The highest BCUT2D eigenvalue weighted by Gasteiger charge is 2.40. The summed E-state index contributed by atoms with van der Waals surface area (Å²) in [6.07, 6.45) is 2.36. The zero-order valence-corrected chi connectivity index (χ0v) is 12.9. The lowest BCUT2D eigenvalue weighted by atomic mass is 10.0. The molecule has 0 radical (unpaired) electrons. The van der Waals surface area contributed by atoms with Gasteiger partial charge in [0.25, 0.3) is 5.91 Å². The summed E-state index contributed by atoms with van der Waals surface area (Å²) in [5, 5.41) is 4.14. The van der Waals surface area contributed by atoms with Crippen LogP contribution in [-0.4, -0.2) is 33.6 Å². The molecule has 0 saturated carbocycles. The van der Waals surface area contributed by atoms with E-state index in [0.29, 0.717) is 18.5 Å². The SMILES string of the molecule is O=C1CCC(N2Cc3c(csc3-c3ccccn3)C2=O)C(=O)N1. The lowest BCUT2D eigenvalue weighted by Gasteiger charge is -2.29. The van der Waals surface area contributed by atoms with E-state index in [1.807, 2.05) is 23.6 Å². The predicted molar refractivity (Wildman–Crippen MR) is 83.6 cm³/mol. The number of hydrogen-bond acceptors (Lipinski definition) is 5. The maximum atomic E-state index is 12.6. The van der Waals surface area contributed by atoms with Gasteiger partial charge in [-0.3, -0.25) is 24.7 Å². The van der Waals surface area contributed by atoms with E-state index in [2.05, 4.69) is 10.3 Å². The molecule has 4 rings (SSSR count). The highest BCUT2D eigenvalue weighted by atomic mass is 32.1. The van der Waals surface area contributed by atoms with Gasteiger partial charge >= 0.3 is 0 Å². The largest absolute Gasteiger partial charge is 0.322 e. The van der Waals surface area contributed by atoms with Crippen LogP contribution in [0.15, 0.2) is 29.8 Å². The highest BCUT2D eigenvalue weighted by molar-refractivity contribution is 7.14. The Labute approximate surface area is 136 Å². The first-order valence-electron chi connectivity index (χ1n) is 7.31. The normalized spacial score (nSPS) is 20.6. The molecule has 1 atom stereocenters. The van der Waals surface area contributed by atoms with E-state index in [-0.39, 0.29) is 24.1 Å². The van der Waals surface area contributed by atoms with E-state index in [1.165, 1.54) is 11.3 Å². The smallest absolute Gasteiger partial charge is 0.256 e. The Bertz CT molecular complexity index is 815. The lowest BCUT2D eigenvalue weighted by Crippen LogP contribution is -2.52. The van der Waals surface area contributed by atoms with Gasteiger partial charge in [-0.1, -0.05) is 6.07 Å². The Morgan fingerprint density at radius 1 is 1.26 bits per heavy atom. The summed E-state index contributed by atoms with van der Waals surface area (Å²) < 4.78 is 0. The molecule has 0 aliphatic carbocycles. The molecule has 3 amide bonds. The van der Waals surface area contributed by atoms with Crippen LogP contribution < -0.4 is 5.32 Å². The van der Waals surface area contributed by atoms with Gasteiger partial charge in [-0.2, -0.15) is 0 Å². The van der Waals surface area contributed by atoms with Crippen molar-refractivity contribution in [2.75, 3.05) is 0 Å². The highest BCUT2D eigenvalue weighted by Crippen LogP contribution is 2.38. The molecule has 4 heterocycles. The molecule has 1 N–H and O–H groups in total. The van der Waals surface area contributed by atoms with Crippen molar-refractivity contribution in [2.24, 2.45) is 0 Å². The summed E-state index contributed by atoms with van der Waals surface area (Å²) in [5.74, 6) is -0.808. The number of pyridine rings is 1. The second kappa shape index (κ2) is 5.27. The molecule has 2 aromatic rings. The monoisotopic (exact) mass is 327 g/mol. The molecule has 0 spiro atoms. The fourth-order valence-electron chi connectivity index (χ4n) is 3.06. The van der Waals surface area contributed by atoms with Crippen LogP contribution in [0.2, 0.25) is 0 Å². The summed E-state index contributed by atoms with van der Waals surface area (Å²) in [7, 11) is 0. The summed E-state index contributed by atoms with van der Waals surface area (Å²) in [4.78, 5) is 42.8. The van der Waals surface area contributed by atoms with E-state index < -0.39 is 6.04 Å². The number of carbonyl (C=O) groups excluding carboxylic acids is 3. The summed E-state index contributed by atoms with van der Waals surface area (Å²) >= 11 is 1.49. The Balaban J connectivity index is 1.65. The number of amides is 3. The molecule has 6 nitrogen and oxygen atoms in total. The third kappa shape index (κ3) is 2.24. The molecule has 7 heteroatoms. The van der Waals surface area contributed by atoms with E-state index in [9.17, 15) is 14.4 Å². The first-order chi connectivity index (χ1) is 11.1. The molecule has 1 saturated heterocycles. The molecule has 0 bridgehead atoms. The number of imide groups is 1. The van der Waals surface area contributed by atoms with Gasteiger partial charge in [0.2, 0.25) is 11.8 Å². The number of piperidine rings is 1. The van der Waals surface area contributed by atoms with Crippen molar-refractivity contribution in [3.63, 3.8) is 0 Å². The second-order valence-corrected chi connectivity index (χ2v) is 6.45.